The number of hydrogen-bond donors (Lipinski definition) is 3. The maximum atomic E-state index is 8.24. The first-order valence-corrected chi connectivity index (χ1v) is 8.06. The quantitative estimate of drug-likeness (QED) is 0.591. The number of nitrogens with zero attached hydrogens (tertiary/aromatic N) is 4. The highest BCUT2D eigenvalue weighted by atomic mass is 15.3. The van der Waals surface area contributed by atoms with Gasteiger partial charge in [-0.25, -0.2) is 0 Å². The van der Waals surface area contributed by atoms with Crippen molar-refractivity contribution in [2.75, 3.05) is 38.5 Å². The molecule has 3 rings (SSSR count). The third-order valence-corrected chi connectivity index (χ3v) is 4.04. The van der Waals surface area contributed by atoms with Gasteiger partial charge in [-0.1, -0.05) is 6.07 Å². The second kappa shape index (κ2) is 7.27. The highest BCUT2D eigenvalue weighted by Crippen LogP contribution is 2.17. The van der Waals surface area contributed by atoms with Crippen molar-refractivity contribution < 1.29 is 0 Å². The van der Waals surface area contributed by atoms with Crippen molar-refractivity contribution >= 4 is 11.7 Å². The van der Waals surface area contributed by atoms with Crippen LogP contribution >= 0.6 is 0 Å². The number of hydrogen-bond acceptors (Lipinski definition) is 5. The average Bonchev–Trinajstić information content (AvgIpc) is 3.04. The van der Waals surface area contributed by atoms with Gasteiger partial charge in [0.1, 0.15) is 5.84 Å². The van der Waals surface area contributed by atoms with Crippen LogP contribution in [0.25, 0.3) is 11.4 Å². The second-order valence-corrected chi connectivity index (χ2v) is 6.01. The van der Waals surface area contributed by atoms with Crippen LogP contribution in [0.2, 0.25) is 0 Å². The summed E-state index contributed by atoms with van der Waals surface area (Å²) in [6, 6.07) is 7.68. The molecule has 7 heteroatoms. The molecule has 2 aromatic heterocycles. The first-order chi connectivity index (χ1) is 11.6. The van der Waals surface area contributed by atoms with Gasteiger partial charge < -0.3 is 15.1 Å². The smallest absolute Gasteiger partial charge is 0.152 e. The number of H-pyrrole nitrogens is 1. The first kappa shape index (κ1) is 16.2. The Balaban J connectivity index is 1.61. The van der Waals surface area contributed by atoms with Gasteiger partial charge in [0.2, 0.25) is 0 Å². The monoisotopic (exact) mass is 325 g/mol. The Morgan fingerprint density at radius 1 is 1.29 bits per heavy atom. The van der Waals surface area contributed by atoms with Gasteiger partial charge in [-0.05, 0) is 32.2 Å². The molecule has 3 N–H and O–H groups in total. The van der Waals surface area contributed by atoms with Crippen LogP contribution in [0.5, 0.6) is 0 Å². The van der Waals surface area contributed by atoms with Gasteiger partial charge in [-0.3, -0.25) is 15.5 Å². The van der Waals surface area contributed by atoms with E-state index in [2.05, 4.69) is 37.3 Å². The van der Waals surface area contributed by atoms with Gasteiger partial charge >= 0.3 is 0 Å². The van der Waals surface area contributed by atoms with E-state index in [0.717, 1.165) is 49.1 Å². The summed E-state index contributed by atoms with van der Waals surface area (Å²) in [6.45, 7) is 5.72. The molecule has 3 heterocycles. The van der Waals surface area contributed by atoms with Gasteiger partial charge in [0.25, 0.3) is 0 Å². The van der Waals surface area contributed by atoms with Gasteiger partial charge in [0.15, 0.2) is 5.82 Å². The van der Waals surface area contributed by atoms with Crippen LogP contribution in [0, 0.1) is 5.41 Å². The van der Waals surface area contributed by atoms with Crippen molar-refractivity contribution in [3.05, 3.63) is 42.2 Å². The molecule has 0 unspecified atom stereocenters. The van der Waals surface area contributed by atoms with E-state index in [-0.39, 0.29) is 0 Å². The van der Waals surface area contributed by atoms with E-state index >= 15 is 0 Å². The van der Waals surface area contributed by atoms with Crippen LogP contribution in [-0.4, -0.2) is 64.0 Å². The first-order valence-electron chi connectivity index (χ1n) is 8.06. The van der Waals surface area contributed by atoms with E-state index in [9.17, 15) is 0 Å². The molecule has 0 amide bonds. The number of allylic oxidation sites excluding steroid dienone is 1. The SMILES string of the molecule is C/C(=C\C(=N)N1CCN(C)CC1)Nc1cc(-c2ccccn2)[nH]n1. The van der Waals surface area contributed by atoms with Crippen LogP contribution in [0.15, 0.2) is 42.2 Å². The third-order valence-electron chi connectivity index (χ3n) is 4.04. The van der Waals surface area contributed by atoms with Crippen molar-refractivity contribution in [2.45, 2.75) is 6.92 Å². The maximum absolute atomic E-state index is 8.24. The highest BCUT2D eigenvalue weighted by molar-refractivity contribution is 5.91. The van der Waals surface area contributed by atoms with Crippen molar-refractivity contribution in [3.8, 4) is 11.4 Å². The highest BCUT2D eigenvalue weighted by Gasteiger charge is 2.15. The molecule has 24 heavy (non-hydrogen) atoms. The minimum Gasteiger partial charge on any atom is -0.354 e. The summed E-state index contributed by atoms with van der Waals surface area (Å²) in [5, 5.41) is 18.7. The van der Waals surface area contributed by atoms with Gasteiger partial charge in [0, 0.05) is 44.1 Å². The Morgan fingerprint density at radius 3 is 2.79 bits per heavy atom. The number of rotatable bonds is 4. The molecular formula is C17H23N7. The predicted molar refractivity (Wildman–Crippen MR) is 96.0 cm³/mol. The lowest BCUT2D eigenvalue weighted by Gasteiger charge is -2.33. The summed E-state index contributed by atoms with van der Waals surface area (Å²) in [5.74, 6) is 1.25. The van der Waals surface area contributed by atoms with Crippen LogP contribution in [0.1, 0.15) is 6.92 Å². The molecule has 0 atom stereocenters. The van der Waals surface area contributed by atoms with Gasteiger partial charge in [-0.15, -0.1) is 0 Å². The molecule has 126 valence electrons. The van der Waals surface area contributed by atoms with E-state index in [1.54, 1.807) is 6.20 Å². The average molecular weight is 325 g/mol. The molecule has 1 saturated heterocycles. The van der Waals surface area contributed by atoms with Gasteiger partial charge in [0.05, 0.1) is 11.4 Å². The summed E-state index contributed by atoms with van der Waals surface area (Å²) in [5.41, 5.74) is 2.60. The fourth-order valence-corrected chi connectivity index (χ4v) is 2.62. The van der Waals surface area contributed by atoms with Crippen molar-refractivity contribution in [2.24, 2.45) is 0 Å². The normalized spacial score (nSPS) is 16.2. The van der Waals surface area contributed by atoms with Crippen LogP contribution in [-0.2, 0) is 0 Å². The maximum Gasteiger partial charge on any atom is 0.152 e. The number of aromatic amines is 1. The lowest BCUT2D eigenvalue weighted by atomic mass is 10.2. The van der Waals surface area contributed by atoms with Gasteiger partial charge in [-0.2, -0.15) is 5.10 Å². The van der Waals surface area contributed by atoms with Crippen molar-refractivity contribution in [1.29, 1.82) is 5.41 Å². The fraction of sp³-hybridized carbons (Fsp3) is 0.353. The summed E-state index contributed by atoms with van der Waals surface area (Å²) in [7, 11) is 2.11. The minimum atomic E-state index is 0.536. The summed E-state index contributed by atoms with van der Waals surface area (Å²) >= 11 is 0. The number of amidine groups is 1. The zero-order valence-corrected chi connectivity index (χ0v) is 14.1. The van der Waals surface area contributed by atoms with E-state index < -0.39 is 0 Å². The number of nitrogens with one attached hydrogen (secondary N) is 3. The molecule has 1 aliphatic heterocycles. The Hall–Kier alpha value is -2.67. The molecular weight excluding hydrogens is 302 g/mol. The molecule has 7 nitrogen and oxygen atoms in total. The summed E-state index contributed by atoms with van der Waals surface area (Å²) in [6.07, 6.45) is 3.60. The van der Waals surface area contributed by atoms with Crippen molar-refractivity contribution in [3.63, 3.8) is 0 Å². The van der Waals surface area contributed by atoms with E-state index in [1.807, 2.05) is 37.3 Å². The molecule has 0 radical (unpaired) electrons. The lowest BCUT2D eigenvalue weighted by molar-refractivity contribution is 0.215. The molecule has 2 aromatic rings. The molecule has 0 aromatic carbocycles. The number of anilines is 1. The summed E-state index contributed by atoms with van der Waals surface area (Å²) < 4.78 is 0. The number of piperazine rings is 1. The predicted octanol–water partition coefficient (Wildman–Crippen LogP) is 2.01. The fourth-order valence-electron chi connectivity index (χ4n) is 2.62. The Labute approximate surface area is 141 Å². The van der Waals surface area contributed by atoms with E-state index in [1.165, 1.54) is 0 Å². The Bertz CT molecular complexity index is 712. The standard InChI is InChI=1S/C17H23N7/c1-13(11-16(18)24-9-7-23(2)8-10-24)20-17-12-15(21-22-17)14-5-3-4-6-19-14/h3-6,11-12,18H,7-10H2,1-2H3,(H2,20,21,22)/b13-11+,18-16?. The molecule has 0 saturated carbocycles. The zero-order chi connectivity index (χ0) is 16.9. The molecule has 1 aliphatic rings. The number of pyridine rings is 1. The van der Waals surface area contributed by atoms with E-state index in [4.69, 9.17) is 5.41 Å². The topological polar surface area (TPSA) is 83.9 Å². The third kappa shape index (κ3) is 3.99. The minimum absolute atomic E-state index is 0.536. The van der Waals surface area contributed by atoms with Crippen LogP contribution in [0.4, 0.5) is 5.82 Å². The van der Waals surface area contributed by atoms with E-state index in [0.29, 0.717) is 5.84 Å². The van der Waals surface area contributed by atoms with Crippen molar-refractivity contribution in [1.82, 2.24) is 25.0 Å². The molecule has 0 spiro atoms. The Morgan fingerprint density at radius 2 is 2.08 bits per heavy atom. The zero-order valence-electron chi connectivity index (χ0n) is 14.1. The van der Waals surface area contributed by atoms with Crippen LogP contribution < -0.4 is 5.32 Å². The molecule has 1 fully saturated rings. The Kier molecular flexibility index (Phi) is 4.90. The lowest BCUT2D eigenvalue weighted by Crippen LogP contribution is -2.46. The molecule has 0 bridgehead atoms. The van der Waals surface area contributed by atoms with Crippen LogP contribution in [0.3, 0.4) is 0 Å². The summed E-state index contributed by atoms with van der Waals surface area (Å²) in [4.78, 5) is 8.67. The largest absolute Gasteiger partial charge is 0.354 e. The number of aromatic nitrogens is 3. The molecule has 0 aliphatic carbocycles. The second-order valence-electron chi connectivity index (χ2n) is 6.01. The number of likely N-dealkylation sites (N-methyl/N-ethyl adjacent to an activating group) is 1.